The van der Waals surface area contributed by atoms with Crippen LogP contribution in [0.4, 0.5) is 8.78 Å². The van der Waals surface area contributed by atoms with Crippen LogP contribution in [-0.2, 0) is 17.7 Å². The van der Waals surface area contributed by atoms with Crippen molar-refractivity contribution in [3.05, 3.63) is 47.8 Å². The highest BCUT2D eigenvalue weighted by molar-refractivity contribution is 5.97. The van der Waals surface area contributed by atoms with Gasteiger partial charge in [-0.25, -0.2) is 13.8 Å². The highest BCUT2D eigenvalue weighted by Gasteiger charge is 2.38. The quantitative estimate of drug-likeness (QED) is 0.556. The minimum absolute atomic E-state index is 0.00606. The van der Waals surface area contributed by atoms with Gasteiger partial charge in [0.25, 0.3) is 0 Å². The third-order valence-corrected chi connectivity index (χ3v) is 5.49. The molecule has 30 heavy (non-hydrogen) atoms. The third kappa shape index (κ3) is 3.06. The lowest BCUT2D eigenvalue weighted by Gasteiger charge is -2.30. The van der Waals surface area contributed by atoms with E-state index in [1.165, 1.54) is 13.2 Å². The summed E-state index contributed by atoms with van der Waals surface area (Å²) in [6.45, 7) is 2.00. The van der Waals surface area contributed by atoms with E-state index in [0.717, 1.165) is 34.1 Å². The second-order valence-electron chi connectivity index (χ2n) is 7.72. The molecule has 1 aliphatic heterocycles. The number of aromatic amines is 1. The molecule has 0 aromatic carbocycles. The Balaban J connectivity index is 1.76. The minimum Gasteiger partial charge on any atom is -0.381 e. The van der Waals surface area contributed by atoms with Gasteiger partial charge in [-0.3, -0.25) is 14.8 Å². The van der Waals surface area contributed by atoms with E-state index in [1.807, 2.05) is 13.0 Å². The van der Waals surface area contributed by atoms with Crippen LogP contribution >= 0.6 is 0 Å². The Kier molecular flexibility index (Phi) is 4.35. The molecular weight excluding hydrogens is 390 g/mol. The molecule has 0 fully saturated rings. The molecule has 1 atom stereocenters. The molecule has 1 aliphatic rings. The lowest BCUT2D eigenvalue weighted by atomic mass is 9.91. The van der Waals surface area contributed by atoms with E-state index in [9.17, 15) is 4.39 Å². The number of halogens is 2. The Morgan fingerprint density at radius 2 is 2.17 bits per heavy atom. The summed E-state index contributed by atoms with van der Waals surface area (Å²) in [5, 5.41) is 12.6. The fraction of sp³-hybridized carbons (Fsp3) is 0.333. The summed E-state index contributed by atoms with van der Waals surface area (Å²) < 4.78 is 35.5. The van der Waals surface area contributed by atoms with E-state index in [0.29, 0.717) is 29.9 Å². The van der Waals surface area contributed by atoms with Crippen LogP contribution in [0, 0.1) is 12.7 Å². The zero-order valence-electron chi connectivity index (χ0n) is 16.6. The number of H-pyrrole nitrogens is 1. The highest BCUT2D eigenvalue weighted by Crippen LogP contribution is 2.41. The van der Waals surface area contributed by atoms with Crippen molar-refractivity contribution >= 4 is 11.0 Å². The maximum absolute atomic E-state index is 15.2. The Hall–Kier alpha value is -3.20. The zero-order valence-corrected chi connectivity index (χ0v) is 16.6. The van der Waals surface area contributed by atoms with E-state index in [-0.39, 0.29) is 13.2 Å². The predicted octanol–water partition coefficient (Wildman–Crippen LogP) is 3.63. The van der Waals surface area contributed by atoms with Gasteiger partial charge in [-0.05, 0) is 38.0 Å². The van der Waals surface area contributed by atoms with Crippen molar-refractivity contribution in [1.82, 2.24) is 29.9 Å². The van der Waals surface area contributed by atoms with Gasteiger partial charge in [-0.15, -0.1) is 0 Å². The Morgan fingerprint density at radius 3 is 2.93 bits per heavy atom. The molecule has 4 aromatic rings. The maximum Gasteiger partial charge on any atom is 0.155 e. The van der Waals surface area contributed by atoms with Crippen molar-refractivity contribution in [2.24, 2.45) is 0 Å². The Labute approximate surface area is 171 Å². The molecule has 0 saturated carbocycles. The summed E-state index contributed by atoms with van der Waals surface area (Å²) in [7, 11) is 1.49. The normalized spacial score (nSPS) is 18.7. The van der Waals surface area contributed by atoms with Crippen molar-refractivity contribution < 1.29 is 13.5 Å². The van der Waals surface area contributed by atoms with Gasteiger partial charge in [-0.1, -0.05) is 0 Å². The van der Waals surface area contributed by atoms with Crippen molar-refractivity contribution in [3.63, 3.8) is 0 Å². The van der Waals surface area contributed by atoms with Gasteiger partial charge >= 0.3 is 0 Å². The van der Waals surface area contributed by atoms with Gasteiger partial charge in [0, 0.05) is 35.0 Å². The number of nitrogens with one attached hydrogen (secondary N) is 1. The topological polar surface area (TPSA) is 81.5 Å². The van der Waals surface area contributed by atoms with E-state index in [1.54, 1.807) is 16.9 Å². The van der Waals surface area contributed by atoms with Crippen LogP contribution in [0.5, 0.6) is 0 Å². The monoisotopic (exact) mass is 410 g/mol. The second kappa shape index (κ2) is 6.94. The predicted molar refractivity (Wildman–Crippen MR) is 107 cm³/mol. The number of hydrogen-bond donors (Lipinski definition) is 1. The summed E-state index contributed by atoms with van der Waals surface area (Å²) in [6, 6.07) is 4.90. The number of nitrogens with zero attached hydrogens (tertiary/aromatic N) is 5. The number of ether oxygens (including phenoxy) is 1. The minimum atomic E-state index is -1.49. The maximum atomic E-state index is 15.2. The van der Waals surface area contributed by atoms with Crippen LogP contribution in [0.3, 0.4) is 0 Å². The average Bonchev–Trinajstić information content (AvgIpc) is 3.32. The van der Waals surface area contributed by atoms with E-state index in [2.05, 4.69) is 20.2 Å². The first-order chi connectivity index (χ1) is 14.5. The van der Waals surface area contributed by atoms with Crippen molar-refractivity contribution in [3.8, 4) is 22.5 Å². The molecule has 0 saturated heterocycles. The molecule has 0 aliphatic carbocycles. The van der Waals surface area contributed by atoms with Crippen molar-refractivity contribution in [2.45, 2.75) is 32.0 Å². The molecule has 7 nitrogen and oxygen atoms in total. The molecule has 5 heterocycles. The van der Waals surface area contributed by atoms with Gasteiger partial charge in [0.05, 0.1) is 31.2 Å². The van der Waals surface area contributed by atoms with E-state index in [4.69, 9.17) is 9.84 Å². The highest BCUT2D eigenvalue weighted by atomic mass is 19.1. The molecule has 0 unspecified atom stereocenters. The molecule has 0 bridgehead atoms. The standard InChI is InChI=1S/C21H20F2N6O/c1-12-7-14(15-9-25-27-20(15)26-12)18-17-5-6-21(23,11-30-2)10-29(17)28-19(18)16-4-3-13(22)8-24-16/h3-4,7-9H,5-6,10-11H2,1-2H3,(H,25,26,27)/t21-/m1/s1. The third-order valence-electron chi connectivity index (χ3n) is 5.49. The first kappa shape index (κ1) is 18.8. The van der Waals surface area contributed by atoms with Crippen LogP contribution in [0.25, 0.3) is 33.5 Å². The number of hydrogen-bond acceptors (Lipinski definition) is 5. The number of aromatic nitrogens is 6. The smallest absolute Gasteiger partial charge is 0.155 e. The molecule has 0 amide bonds. The van der Waals surface area contributed by atoms with Crippen molar-refractivity contribution in [2.75, 3.05) is 13.7 Å². The largest absolute Gasteiger partial charge is 0.381 e. The van der Waals surface area contributed by atoms with Crippen LogP contribution in [-0.4, -0.2) is 49.3 Å². The summed E-state index contributed by atoms with van der Waals surface area (Å²) in [5.74, 6) is -0.427. The average molecular weight is 410 g/mol. The molecule has 9 heteroatoms. The Morgan fingerprint density at radius 1 is 1.30 bits per heavy atom. The van der Waals surface area contributed by atoms with Gasteiger partial charge in [0.2, 0.25) is 0 Å². The molecule has 5 rings (SSSR count). The lowest BCUT2D eigenvalue weighted by molar-refractivity contribution is 0.0100. The first-order valence-corrected chi connectivity index (χ1v) is 9.68. The van der Waals surface area contributed by atoms with Crippen LogP contribution in [0.1, 0.15) is 17.8 Å². The fourth-order valence-electron chi connectivity index (χ4n) is 4.19. The molecule has 0 spiro atoms. The number of pyridine rings is 2. The van der Waals surface area contributed by atoms with Gasteiger partial charge in [-0.2, -0.15) is 10.2 Å². The molecular formula is C21H20F2N6O. The van der Waals surface area contributed by atoms with Crippen LogP contribution in [0.2, 0.25) is 0 Å². The molecule has 1 N–H and O–H groups in total. The number of methoxy groups -OCH3 is 1. The summed E-state index contributed by atoms with van der Waals surface area (Å²) >= 11 is 0. The van der Waals surface area contributed by atoms with Gasteiger partial charge in [0.1, 0.15) is 11.5 Å². The number of fused-ring (bicyclic) bond motifs is 2. The van der Waals surface area contributed by atoms with Crippen LogP contribution < -0.4 is 0 Å². The number of aryl methyl sites for hydroxylation is 1. The second-order valence-corrected chi connectivity index (χ2v) is 7.72. The number of rotatable bonds is 4. The van der Waals surface area contributed by atoms with Gasteiger partial charge in [0.15, 0.2) is 11.3 Å². The fourth-order valence-corrected chi connectivity index (χ4v) is 4.19. The lowest BCUT2D eigenvalue weighted by Crippen LogP contribution is -2.39. The van der Waals surface area contributed by atoms with E-state index < -0.39 is 11.5 Å². The Bertz CT molecular complexity index is 1230. The molecule has 154 valence electrons. The van der Waals surface area contributed by atoms with Gasteiger partial charge < -0.3 is 4.74 Å². The van der Waals surface area contributed by atoms with Crippen molar-refractivity contribution in [1.29, 1.82) is 0 Å². The summed E-state index contributed by atoms with van der Waals surface area (Å²) in [5.41, 5.74) is 3.76. The molecule has 0 radical (unpaired) electrons. The first-order valence-electron chi connectivity index (χ1n) is 9.68. The SMILES string of the molecule is COC[C@@]1(F)CCc2c(-c3cc(C)nc4[nH]ncc34)c(-c3ccc(F)cn3)nn2C1. The molecule has 4 aromatic heterocycles. The summed E-state index contributed by atoms with van der Waals surface area (Å²) in [6.07, 6.45) is 3.70. The van der Waals surface area contributed by atoms with Crippen LogP contribution in [0.15, 0.2) is 30.6 Å². The van der Waals surface area contributed by atoms with E-state index >= 15 is 4.39 Å². The zero-order chi connectivity index (χ0) is 20.9. The number of alkyl halides is 1. The summed E-state index contributed by atoms with van der Waals surface area (Å²) in [4.78, 5) is 8.73.